The maximum Gasteiger partial charge on any atom is 0.326 e. The van der Waals surface area contributed by atoms with Crippen LogP contribution in [-0.2, 0) is 14.3 Å². The second kappa shape index (κ2) is 4.18. The van der Waals surface area contributed by atoms with Crippen LogP contribution in [0.15, 0.2) is 0 Å². The Bertz CT molecular complexity index is 273. The van der Waals surface area contributed by atoms with Crippen molar-refractivity contribution in [3.63, 3.8) is 0 Å². The van der Waals surface area contributed by atoms with Crippen LogP contribution in [0.4, 0.5) is 0 Å². The van der Waals surface area contributed by atoms with E-state index >= 15 is 0 Å². The number of rotatable bonds is 2. The van der Waals surface area contributed by atoms with Gasteiger partial charge in [-0.25, -0.2) is 4.79 Å². The molecule has 1 amide bonds. The number of aliphatic carboxylic acids is 1. The summed E-state index contributed by atoms with van der Waals surface area (Å²) in [7, 11) is 0. The third-order valence-corrected chi connectivity index (χ3v) is 3.03. The van der Waals surface area contributed by atoms with Crippen molar-refractivity contribution in [3.05, 3.63) is 0 Å². The van der Waals surface area contributed by atoms with E-state index in [9.17, 15) is 9.59 Å². The van der Waals surface area contributed by atoms with E-state index in [1.54, 1.807) is 0 Å². The van der Waals surface area contributed by atoms with Gasteiger partial charge in [0.1, 0.15) is 12.1 Å². The summed E-state index contributed by atoms with van der Waals surface area (Å²) in [4.78, 5) is 24.3. The Balaban J connectivity index is 2.02. The SMILES string of the molecule is O=C(O)C1CCCN1C(=O)[C@H]1CCCO1. The molecule has 1 unspecified atom stereocenters. The molecule has 2 fully saturated rings. The van der Waals surface area contributed by atoms with E-state index in [1.807, 2.05) is 0 Å². The van der Waals surface area contributed by atoms with Crippen LogP contribution in [-0.4, -0.2) is 47.2 Å². The number of carbonyl (C=O) groups excluding carboxylic acids is 1. The number of nitrogens with zero attached hydrogens (tertiary/aromatic N) is 1. The van der Waals surface area contributed by atoms with Crippen molar-refractivity contribution in [1.29, 1.82) is 0 Å². The highest BCUT2D eigenvalue weighted by Crippen LogP contribution is 2.22. The molecule has 2 aliphatic rings. The molecule has 2 atom stereocenters. The Morgan fingerprint density at radius 2 is 2.07 bits per heavy atom. The van der Waals surface area contributed by atoms with Gasteiger partial charge in [-0.15, -0.1) is 0 Å². The molecule has 5 nitrogen and oxygen atoms in total. The Morgan fingerprint density at radius 1 is 1.27 bits per heavy atom. The molecule has 0 saturated carbocycles. The highest BCUT2D eigenvalue weighted by atomic mass is 16.5. The van der Waals surface area contributed by atoms with E-state index in [0.717, 1.165) is 19.3 Å². The molecule has 1 N–H and O–H groups in total. The second-order valence-corrected chi connectivity index (χ2v) is 4.03. The van der Waals surface area contributed by atoms with E-state index in [1.165, 1.54) is 4.90 Å². The summed E-state index contributed by atoms with van der Waals surface area (Å²) >= 11 is 0. The molecule has 2 rings (SSSR count). The number of amides is 1. The quantitative estimate of drug-likeness (QED) is 0.713. The first kappa shape index (κ1) is 10.4. The number of carboxylic acids is 1. The van der Waals surface area contributed by atoms with Crippen LogP contribution < -0.4 is 0 Å². The summed E-state index contributed by atoms with van der Waals surface area (Å²) in [5, 5.41) is 8.94. The highest BCUT2D eigenvalue weighted by molar-refractivity contribution is 5.87. The van der Waals surface area contributed by atoms with Crippen LogP contribution in [0, 0.1) is 0 Å². The van der Waals surface area contributed by atoms with Gasteiger partial charge in [-0.05, 0) is 25.7 Å². The van der Waals surface area contributed by atoms with Crippen LogP contribution in [0.25, 0.3) is 0 Å². The zero-order valence-electron chi connectivity index (χ0n) is 8.52. The minimum absolute atomic E-state index is 0.141. The van der Waals surface area contributed by atoms with Crippen LogP contribution in [0.1, 0.15) is 25.7 Å². The van der Waals surface area contributed by atoms with Crippen molar-refractivity contribution in [2.75, 3.05) is 13.2 Å². The molecule has 0 spiro atoms. The van der Waals surface area contributed by atoms with Gasteiger partial charge in [-0.3, -0.25) is 4.79 Å². The summed E-state index contributed by atoms with van der Waals surface area (Å²) in [5.41, 5.74) is 0. The molecule has 2 aliphatic heterocycles. The van der Waals surface area contributed by atoms with Gasteiger partial charge >= 0.3 is 5.97 Å². The van der Waals surface area contributed by atoms with Crippen molar-refractivity contribution >= 4 is 11.9 Å². The molecule has 0 aliphatic carbocycles. The number of carboxylic acid groups (broad SMARTS) is 1. The van der Waals surface area contributed by atoms with E-state index in [2.05, 4.69) is 0 Å². The molecular weight excluding hydrogens is 198 g/mol. The van der Waals surface area contributed by atoms with Crippen LogP contribution in [0.2, 0.25) is 0 Å². The van der Waals surface area contributed by atoms with Gasteiger partial charge in [0.05, 0.1) is 0 Å². The van der Waals surface area contributed by atoms with Gasteiger partial charge < -0.3 is 14.7 Å². The lowest BCUT2D eigenvalue weighted by molar-refractivity contribution is -0.152. The fourth-order valence-corrected chi connectivity index (χ4v) is 2.24. The molecule has 0 aromatic carbocycles. The van der Waals surface area contributed by atoms with Gasteiger partial charge in [-0.2, -0.15) is 0 Å². The minimum Gasteiger partial charge on any atom is -0.480 e. The highest BCUT2D eigenvalue weighted by Gasteiger charge is 2.38. The standard InChI is InChI=1S/C10H15NO4/c12-9(8-4-2-6-15-8)11-5-1-3-7(11)10(13)14/h7-8H,1-6H2,(H,13,14)/t7?,8-/m1/s1. The molecule has 0 aromatic rings. The van der Waals surface area contributed by atoms with Crippen molar-refractivity contribution in [2.24, 2.45) is 0 Å². The Hall–Kier alpha value is -1.10. The average Bonchev–Trinajstić information content (AvgIpc) is 2.88. The van der Waals surface area contributed by atoms with Gasteiger partial charge in [0.15, 0.2) is 0 Å². The number of likely N-dealkylation sites (tertiary alicyclic amines) is 1. The van der Waals surface area contributed by atoms with Crippen molar-refractivity contribution in [3.8, 4) is 0 Å². The monoisotopic (exact) mass is 213 g/mol. The molecule has 5 heteroatoms. The minimum atomic E-state index is -0.904. The van der Waals surface area contributed by atoms with Gasteiger partial charge in [-0.1, -0.05) is 0 Å². The third-order valence-electron chi connectivity index (χ3n) is 3.03. The molecule has 0 bridgehead atoms. The summed E-state index contributed by atoms with van der Waals surface area (Å²) in [5.74, 6) is -1.05. The Kier molecular flexibility index (Phi) is 2.90. The lowest BCUT2D eigenvalue weighted by Crippen LogP contribution is -2.45. The normalized spacial score (nSPS) is 30.8. The summed E-state index contributed by atoms with van der Waals surface area (Å²) in [6.45, 7) is 1.16. The third kappa shape index (κ3) is 1.97. The van der Waals surface area contributed by atoms with Gasteiger partial charge in [0, 0.05) is 13.2 Å². The zero-order chi connectivity index (χ0) is 10.8. The van der Waals surface area contributed by atoms with Crippen LogP contribution >= 0.6 is 0 Å². The number of hydrogen-bond donors (Lipinski definition) is 1. The maximum atomic E-state index is 11.9. The first-order chi connectivity index (χ1) is 7.20. The fourth-order valence-electron chi connectivity index (χ4n) is 2.24. The number of hydrogen-bond acceptors (Lipinski definition) is 3. The molecule has 0 aromatic heterocycles. The first-order valence-corrected chi connectivity index (χ1v) is 5.35. The number of ether oxygens (including phenoxy) is 1. The topological polar surface area (TPSA) is 66.8 Å². The predicted molar refractivity (Wildman–Crippen MR) is 51.3 cm³/mol. The van der Waals surface area contributed by atoms with Gasteiger partial charge in [0.25, 0.3) is 5.91 Å². The number of carbonyl (C=O) groups is 2. The Labute approximate surface area is 88.0 Å². The van der Waals surface area contributed by atoms with E-state index in [0.29, 0.717) is 19.6 Å². The van der Waals surface area contributed by atoms with Gasteiger partial charge in [0.2, 0.25) is 0 Å². The smallest absolute Gasteiger partial charge is 0.326 e. The lowest BCUT2D eigenvalue weighted by Gasteiger charge is -2.24. The Morgan fingerprint density at radius 3 is 2.67 bits per heavy atom. The average molecular weight is 213 g/mol. The zero-order valence-corrected chi connectivity index (χ0v) is 8.52. The molecule has 84 valence electrons. The van der Waals surface area contributed by atoms with E-state index in [-0.39, 0.29) is 5.91 Å². The largest absolute Gasteiger partial charge is 0.480 e. The van der Waals surface area contributed by atoms with Crippen molar-refractivity contribution in [1.82, 2.24) is 4.90 Å². The van der Waals surface area contributed by atoms with Crippen LogP contribution in [0.3, 0.4) is 0 Å². The summed E-state index contributed by atoms with van der Waals surface area (Å²) < 4.78 is 5.27. The molecule has 2 saturated heterocycles. The molecule has 2 heterocycles. The van der Waals surface area contributed by atoms with Crippen LogP contribution in [0.5, 0.6) is 0 Å². The predicted octanol–water partition coefficient (Wildman–Crippen LogP) is 0.241. The second-order valence-electron chi connectivity index (χ2n) is 4.03. The molecular formula is C10H15NO4. The maximum absolute atomic E-state index is 11.9. The van der Waals surface area contributed by atoms with E-state index < -0.39 is 18.1 Å². The lowest BCUT2D eigenvalue weighted by atomic mass is 10.2. The molecule has 0 radical (unpaired) electrons. The first-order valence-electron chi connectivity index (χ1n) is 5.35. The molecule has 15 heavy (non-hydrogen) atoms. The van der Waals surface area contributed by atoms with Crippen molar-refractivity contribution < 1.29 is 19.4 Å². The summed E-state index contributed by atoms with van der Waals surface area (Å²) in [6, 6.07) is -0.637. The summed E-state index contributed by atoms with van der Waals surface area (Å²) in [6.07, 6.45) is 2.55. The van der Waals surface area contributed by atoms with Crippen molar-refractivity contribution in [2.45, 2.75) is 37.8 Å². The fraction of sp³-hybridized carbons (Fsp3) is 0.800. The van der Waals surface area contributed by atoms with E-state index in [4.69, 9.17) is 9.84 Å².